The lowest BCUT2D eigenvalue weighted by atomic mass is 9.85. The van der Waals surface area contributed by atoms with Crippen LogP contribution >= 0.6 is 15.9 Å². The van der Waals surface area contributed by atoms with Crippen LogP contribution in [0.1, 0.15) is 37.2 Å². The van der Waals surface area contributed by atoms with E-state index in [1.807, 2.05) is 12.4 Å². The van der Waals surface area contributed by atoms with Crippen LogP contribution in [0, 0.1) is 0 Å². The lowest BCUT2D eigenvalue weighted by Gasteiger charge is -2.25. The molecule has 0 spiro atoms. The van der Waals surface area contributed by atoms with Crippen molar-refractivity contribution in [2.75, 3.05) is 0 Å². The molecule has 0 aliphatic heterocycles. The lowest BCUT2D eigenvalue weighted by molar-refractivity contribution is 0.456. The van der Waals surface area contributed by atoms with Gasteiger partial charge in [0.2, 0.25) is 0 Å². The molecular formula is C10H13BrN2. The summed E-state index contributed by atoms with van der Waals surface area (Å²) < 4.78 is 0. The fourth-order valence-electron chi connectivity index (χ4n) is 1.95. The second kappa shape index (κ2) is 4.18. The molecule has 0 saturated heterocycles. The molecule has 1 aromatic rings. The summed E-state index contributed by atoms with van der Waals surface area (Å²) in [5, 5.41) is 0. The maximum atomic E-state index is 4.06. The van der Waals surface area contributed by atoms with E-state index in [0.717, 1.165) is 0 Å². The van der Waals surface area contributed by atoms with E-state index in [9.17, 15) is 0 Å². The Morgan fingerprint density at radius 1 is 1.23 bits per heavy atom. The zero-order valence-corrected chi connectivity index (χ0v) is 9.07. The van der Waals surface area contributed by atoms with E-state index in [2.05, 4.69) is 25.9 Å². The quantitative estimate of drug-likeness (QED) is 0.706. The van der Waals surface area contributed by atoms with Crippen LogP contribution in [-0.2, 0) is 0 Å². The molecule has 2 unspecified atom stereocenters. The Kier molecular flexibility index (Phi) is 2.94. The predicted molar refractivity (Wildman–Crippen MR) is 56.0 cm³/mol. The van der Waals surface area contributed by atoms with Gasteiger partial charge in [-0.2, -0.15) is 0 Å². The fraction of sp³-hybridized carbons (Fsp3) is 0.600. The summed E-state index contributed by atoms with van der Waals surface area (Å²) in [5.74, 6) is 0.666. The molecule has 70 valence electrons. The number of nitrogens with zero attached hydrogens (tertiary/aromatic N) is 2. The van der Waals surface area contributed by atoms with Crippen molar-refractivity contribution in [2.45, 2.75) is 36.4 Å². The normalized spacial score (nSPS) is 28.7. The van der Waals surface area contributed by atoms with Crippen LogP contribution in [0.25, 0.3) is 0 Å². The first-order valence-electron chi connectivity index (χ1n) is 4.75. The van der Waals surface area contributed by atoms with Crippen molar-refractivity contribution in [3.8, 4) is 0 Å². The van der Waals surface area contributed by atoms with Crippen LogP contribution < -0.4 is 0 Å². The Bertz CT molecular complexity index is 263. The number of halogens is 1. The van der Waals surface area contributed by atoms with Gasteiger partial charge in [0.25, 0.3) is 0 Å². The van der Waals surface area contributed by atoms with Gasteiger partial charge in [0, 0.05) is 17.2 Å². The molecule has 0 bridgehead atoms. The highest BCUT2D eigenvalue weighted by Crippen LogP contribution is 2.35. The highest BCUT2D eigenvalue weighted by Gasteiger charge is 2.21. The summed E-state index contributed by atoms with van der Waals surface area (Å²) in [6.45, 7) is 0. The molecule has 1 aliphatic rings. The van der Waals surface area contributed by atoms with Crippen LogP contribution in [0.5, 0.6) is 0 Å². The van der Waals surface area contributed by atoms with Crippen molar-refractivity contribution < 1.29 is 0 Å². The molecule has 3 heteroatoms. The van der Waals surface area contributed by atoms with E-state index in [4.69, 9.17) is 0 Å². The monoisotopic (exact) mass is 240 g/mol. The second-order valence-corrected chi connectivity index (χ2v) is 4.93. The van der Waals surface area contributed by atoms with Crippen LogP contribution in [0.2, 0.25) is 0 Å². The van der Waals surface area contributed by atoms with Gasteiger partial charge in [-0.1, -0.05) is 22.4 Å². The molecular weight excluding hydrogens is 228 g/mol. The fourth-order valence-corrected chi connectivity index (χ4v) is 2.73. The minimum absolute atomic E-state index is 0.666. The van der Waals surface area contributed by atoms with Gasteiger partial charge in [0.1, 0.15) is 6.33 Å². The molecule has 2 rings (SSSR count). The molecule has 0 N–H and O–H groups in total. The van der Waals surface area contributed by atoms with Gasteiger partial charge >= 0.3 is 0 Å². The van der Waals surface area contributed by atoms with Gasteiger partial charge in [0.15, 0.2) is 0 Å². The van der Waals surface area contributed by atoms with Gasteiger partial charge in [-0.05, 0) is 30.7 Å². The third-order valence-electron chi connectivity index (χ3n) is 2.66. The maximum Gasteiger partial charge on any atom is 0.115 e. The molecule has 1 fully saturated rings. The molecule has 1 aliphatic carbocycles. The number of aromatic nitrogens is 2. The summed E-state index contributed by atoms with van der Waals surface area (Å²) in [5.41, 5.74) is 1.30. The first-order chi connectivity index (χ1) is 6.36. The molecule has 0 amide bonds. The highest BCUT2D eigenvalue weighted by atomic mass is 79.9. The number of hydrogen-bond acceptors (Lipinski definition) is 2. The summed E-state index contributed by atoms with van der Waals surface area (Å²) in [6.07, 6.45) is 10.6. The second-order valence-electron chi connectivity index (χ2n) is 3.63. The maximum absolute atomic E-state index is 4.06. The van der Waals surface area contributed by atoms with E-state index >= 15 is 0 Å². The van der Waals surface area contributed by atoms with Crippen LogP contribution in [0.15, 0.2) is 18.7 Å². The van der Waals surface area contributed by atoms with Gasteiger partial charge in [0.05, 0.1) is 0 Å². The van der Waals surface area contributed by atoms with Crippen molar-refractivity contribution >= 4 is 15.9 Å². The van der Waals surface area contributed by atoms with E-state index in [1.165, 1.54) is 31.2 Å². The zero-order valence-electron chi connectivity index (χ0n) is 7.49. The summed E-state index contributed by atoms with van der Waals surface area (Å²) >= 11 is 3.69. The summed E-state index contributed by atoms with van der Waals surface area (Å²) in [6, 6.07) is 0. The lowest BCUT2D eigenvalue weighted by Crippen LogP contribution is -2.13. The van der Waals surface area contributed by atoms with Crippen LogP contribution in [0.3, 0.4) is 0 Å². The standard InChI is InChI=1S/C10H13BrN2/c11-10-3-1-2-8(4-10)9-5-12-7-13-6-9/h5-8,10H,1-4H2. The van der Waals surface area contributed by atoms with Crippen LogP contribution in [-0.4, -0.2) is 14.8 Å². The summed E-state index contributed by atoms with van der Waals surface area (Å²) in [4.78, 5) is 8.80. The topological polar surface area (TPSA) is 25.8 Å². The molecule has 0 radical (unpaired) electrons. The van der Waals surface area contributed by atoms with Crippen molar-refractivity contribution in [1.29, 1.82) is 0 Å². The van der Waals surface area contributed by atoms with E-state index in [1.54, 1.807) is 6.33 Å². The highest BCUT2D eigenvalue weighted by molar-refractivity contribution is 9.09. The minimum Gasteiger partial charge on any atom is -0.245 e. The first-order valence-corrected chi connectivity index (χ1v) is 5.67. The average Bonchev–Trinajstić information content (AvgIpc) is 2.19. The zero-order chi connectivity index (χ0) is 9.10. The molecule has 0 aromatic carbocycles. The predicted octanol–water partition coefficient (Wildman–Crippen LogP) is 2.90. The van der Waals surface area contributed by atoms with E-state index < -0.39 is 0 Å². The number of hydrogen-bond donors (Lipinski definition) is 0. The van der Waals surface area contributed by atoms with Crippen molar-refractivity contribution in [2.24, 2.45) is 0 Å². The number of rotatable bonds is 1. The Morgan fingerprint density at radius 3 is 2.69 bits per heavy atom. The smallest absolute Gasteiger partial charge is 0.115 e. The van der Waals surface area contributed by atoms with Crippen LogP contribution in [0.4, 0.5) is 0 Å². The van der Waals surface area contributed by atoms with Gasteiger partial charge in [-0.15, -0.1) is 0 Å². The molecule has 2 atom stereocenters. The molecule has 13 heavy (non-hydrogen) atoms. The Labute approximate surface area is 86.9 Å². The van der Waals surface area contributed by atoms with E-state index in [-0.39, 0.29) is 0 Å². The van der Waals surface area contributed by atoms with Gasteiger partial charge in [-0.3, -0.25) is 0 Å². The Balaban J connectivity index is 2.08. The van der Waals surface area contributed by atoms with Crippen molar-refractivity contribution in [3.05, 3.63) is 24.3 Å². The SMILES string of the molecule is BrC1CCCC(c2cncnc2)C1. The largest absolute Gasteiger partial charge is 0.245 e. The van der Waals surface area contributed by atoms with Gasteiger partial charge < -0.3 is 0 Å². The average molecular weight is 241 g/mol. The van der Waals surface area contributed by atoms with E-state index in [0.29, 0.717) is 10.7 Å². The molecule has 1 aromatic heterocycles. The third kappa shape index (κ3) is 2.27. The minimum atomic E-state index is 0.666. The first kappa shape index (κ1) is 9.13. The summed E-state index contributed by atoms with van der Waals surface area (Å²) in [7, 11) is 0. The van der Waals surface area contributed by atoms with Crippen molar-refractivity contribution in [1.82, 2.24) is 9.97 Å². The Morgan fingerprint density at radius 2 is 2.00 bits per heavy atom. The Hall–Kier alpha value is -0.440. The van der Waals surface area contributed by atoms with Gasteiger partial charge in [-0.25, -0.2) is 9.97 Å². The molecule has 1 heterocycles. The molecule has 1 saturated carbocycles. The van der Waals surface area contributed by atoms with Crippen molar-refractivity contribution in [3.63, 3.8) is 0 Å². The third-order valence-corrected chi connectivity index (χ3v) is 3.49. The number of alkyl halides is 1. The molecule has 2 nitrogen and oxygen atoms in total.